The van der Waals surface area contributed by atoms with E-state index in [0.717, 1.165) is 17.1 Å². The van der Waals surface area contributed by atoms with Crippen LogP contribution in [0.4, 0.5) is 11.4 Å². The number of nitrogens with zero attached hydrogens (tertiary/aromatic N) is 1. The van der Waals surface area contributed by atoms with Crippen LogP contribution in [0, 0.1) is 6.92 Å². The standard InChI is InChI=1S/C11H11Cl2N3O/c1-6-2-7(16-17-6)5-15-11-4-9(13)8(12)3-10(11)14/h2-4,15H,5,14H2,1H3. The number of nitrogen functional groups attached to an aromatic ring is 1. The van der Waals surface area contributed by atoms with Gasteiger partial charge < -0.3 is 15.6 Å². The van der Waals surface area contributed by atoms with Crippen molar-refractivity contribution in [2.45, 2.75) is 13.5 Å². The molecule has 1 aromatic carbocycles. The smallest absolute Gasteiger partial charge is 0.133 e. The Morgan fingerprint density at radius 1 is 1.29 bits per heavy atom. The molecule has 0 aliphatic rings. The lowest BCUT2D eigenvalue weighted by molar-refractivity contribution is 0.391. The van der Waals surface area contributed by atoms with Crippen LogP contribution in [0.3, 0.4) is 0 Å². The second kappa shape index (κ2) is 4.85. The summed E-state index contributed by atoms with van der Waals surface area (Å²) in [5.41, 5.74) is 7.87. The highest BCUT2D eigenvalue weighted by atomic mass is 35.5. The average molecular weight is 272 g/mol. The molecule has 0 fully saturated rings. The molecule has 0 atom stereocenters. The molecule has 0 radical (unpaired) electrons. The molecule has 0 saturated heterocycles. The van der Waals surface area contributed by atoms with Crippen molar-refractivity contribution in [2.24, 2.45) is 0 Å². The summed E-state index contributed by atoms with van der Waals surface area (Å²) in [4.78, 5) is 0. The summed E-state index contributed by atoms with van der Waals surface area (Å²) in [7, 11) is 0. The number of nitrogens with two attached hydrogens (primary N) is 1. The third-order valence-corrected chi connectivity index (χ3v) is 2.95. The summed E-state index contributed by atoms with van der Waals surface area (Å²) >= 11 is 11.7. The first-order valence-corrected chi connectivity index (χ1v) is 5.72. The second-order valence-electron chi connectivity index (χ2n) is 3.64. The van der Waals surface area contributed by atoms with Crippen molar-refractivity contribution >= 4 is 34.6 Å². The molecule has 1 heterocycles. The molecule has 1 aromatic heterocycles. The minimum atomic E-state index is 0.437. The molecule has 0 saturated carbocycles. The van der Waals surface area contributed by atoms with Crippen molar-refractivity contribution in [1.29, 1.82) is 0 Å². The first-order chi connectivity index (χ1) is 8.06. The zero-order valence-corrected chi connectivity index (χ0v) is 10.6. The van der Waals surface area contributed by atoms with Gasteiger partial charge >= 0.3 is 0 Å². The summed E-state index contributed by atoms with van der Waals surface area (Å²) in [6.07, 6.45) is 0. The minimum absolute atomic E-state index is 0.437. The number of aromatic nitrogens is 1. The number of hydrogen-bond acceptors (Lipinski definition) is 4. The van der Waals surface area contributed by atoms with Crippen molar-refractivity contribution in [1.82, 2.24) is 5.16 Å². The lowest BCUT2D eigenvalue weighted by Crippen LogP contribution is -2.02. The van der Waals surface area contributed by atoms with E-state index in [0.29, 0.717) is 22.3 Å². The number of anilines is 2. The molecule has 6 heteroatoms. The quantitative estimate of drug-likeness (QED) is 0.839. The minimum Gasteiger partial charge on any atom is -0.397 e. The van der Waals surface area contributed by atoms with Crippen molar-refractivity contribution in [3.8, 4) is 0 Å². The van der Waals surface area contributed by atoms with Gasteiger partial charge in [-0.3, -0.25) is 0 Å². The zero-order chi connectivity index (χ0) is 12.4. The predicted molar refractivity (Wildman–Crippen MR) is 69.4 cm³/mol. The largest absolute Gasteiger partial charge is 0.397 e. The first kappa shape index (κ1) is 12.1. The van der Waals surface area contributed by atoms with E-state index in [2.05, 4.69) is 10.5 Å². The summed E-state index contributed by atoms with van der Waals surface area (Å²) in [6, 6.07) is 5.15. The van der Waals surface area contributed by atoms with Gasteiger partial charge in [0.2, 0.25) is 0 Å². The van der Waals surface area contributed by atoms with Crippen LogP contribution in [-0.4, -0.2) is 5.16 Å². The Hall–Kier alpha value is -1.39. The van der Waals surface area contributed by atoms with Gasteiger partial charge in [0.15, 0.2) is 0 Å². The molecule has 3 N–H and O–H groups in total. The monoisotopic (exact) mass is 271 g/mol. The number of rotatable bonds is 3. The maximum absolute atomic E-state index is 5.91. The molecule has 0 spiro atoms. The van der Waals surface area contributed by atoms with Gasteiger partial charge in [-0.25, -0.2) is 0 Å². The number of hydrogen-bond donors (Lipinski definition) is 2. The molecule has 0 amide bonds. The molecular weight excluding hydrogens is 261 g/mol. The lowest BCUT2D eigenvalue weighted by atomic mass is 10.2. The third kappa shape index (κ3) is 2.84. The van der Waals surface area contributed by atoms with E-state index < -0.39 is 0 Å². The highest BCUT2D eigenvalue weighted by molar-refractivity contribution is 6.42. The Kier molecular flexibility index (Phi) is 3.45. The summed E-state index contributed by atoms with van der Waals surface area (Å²) in [6.45, 7) is 2.35. The van der Waals surface area contributed by atoms with Gasteiger partial charge in [-0.05, 0) is 19.1 Å². The second-order valence-corrected chi connectivity index (χ2v) is 4.45. The van der Waals surface area contributed by atoms with E-state index >= 15 is 0 Å². The Labute approximate surface area is 109 Å². The average Bonchev–Trinajstić information content (AvgIpc) is 2.68. The van der Waals surface area contributed by atoms with Crippen LogP contribution >= 0.6 is 23.2 Å². The van der Waals surface area contributed by atoms with E-state index in [4.69, 9.17) is 33.5 Å². The lowest BCUT2D eigenvalue weighted by Gasteiger charge is -2.09. The van der Waals surface area contributed by atoms with E-state index in [-0.39, 0.29) is 0 Å². The number of aryl methyl sites for hydroxylation is 1. The van der Waals surface area contributed by atoms with Crippen molar-refractivity contribution in [2.75, 3.05) is 11.1 Å². The summed E-state index contributed by atoms with van der Waals surface area (Å²) in [5.74, 6) is 0.768. The Morgan fingerprint density at radius 2 is 2.00 bits per heavy atom. The molecule has 90 valence electrons. The van der Waals surface area contributed by atoms with Gasteiger partial charge in [-0.15, -0.1) is 0 Å². The maximum Gasteiger partial charge on any atom is 0.133 e. The van der Waals surface area contributed by atoms with Crippen LogP contribution < -0.4 is 11.1 Å². The fraction of sp³-hybridized carbons (Fsp3) is 0.182. The fourth-order valence-corrected chi connectivity index (χ4v) is 1.74. The van der Waals surface area contributed by atoms with Gasteiger partial charge in [0, 0.05) is 6.07 Å². The van der Waals surface area contributed by atoms with Crippen LogP contribution in [0.2, 0.25) is 10.0 Å². The molecule has 0 aliphatic carbocycles. The van der Waals surface area contributed by atoms with Gasteiger partial charge in [0.25, 0.3) is 0 Å². The zero-order valence-electron chi connectivity index (χ0n) is 9.13. The summed E-state index contributed by atoms with van der Waals surface area (Å²) < 4.78 is 4.96. The Bertz CT molecular complexity index is 540. The highest BCUT2D eigenvalue weighted by Gasteiger charge is 2.06. The van der Waals surface area contributed by atoms with Crippen LogP contribution in [-0.2, 0) is 6.54 Å². The number of halogens is 2. The molecule has 4 nitrogen and oxygen atoms in total. The van der Waals surface area contributed by atoms with Crippen LogP contribution in [0.5, 0.6) is 0 Å². The molecule has 0 bridgehead atoms. The maximum atomic E-state index is 5.91. The van der Waals surface area contributed by atoms with Crippen molar-refractivity contribution in [3.05, 3.63) is 39.7 Å². The highest BCUT2D eigenvalue weighted by Crippen LogP contribution is 2.30. The van der Waals surface area contributed by atoms with Crippen molar-refractivity contribution in [3.63, 3.8) is 0 Å². The van der Waals surface area contributed by atoms with Gasteiger partial charge in [-0.2, -0.15) is 0 Å². The molecule has 0 aliphatic heterocycles. The SMILES string of the molecule is Cc1cc(CNc2cc(Cl)c(Cl)cc2N)no1. The molecular formula is C11H11Cl2N3O. The van der Waals surface area contributed by atoms with E-state index in [1.807, 2.05) is 13.0 Å². The first-order valence-electron chi connectivity index (χ1n) is 4.97. The Morgan fingerprint density at radius 3 is 2.65 bits per heavy atom. The topological polar surface area (TPSA) is 64.1 Å². The predicted octanol–water partition coefficient (Wildman–Crippen LogP) is 3.48. The van der Waals surface area contributed by atoms with E-state index in [1.165, 1.54) is 0 Å². The number of nitrogens with one attached hydrogen (secondary N) is 1. The summed E-state index contributed by atoms with van der Waals surface area (Å²) in [5, 5.41) is 7.88. The van der Waals surface area contributed by atoms with Gasteiger partial charge in [0.05, 0.1) is 28.0 Å². The molecule has 2 rings (SSSR count). The molecule has 0 unspecified atom stereocenters. The van der Waals surface area contributed by atoms with Crippen molar-refractivity contribution < 1.29 is 4.52 Å². The van der Waals surface area contributed by atoms with Crippen LogP contribution in [0.1, 0.15) is 11.5 Å². The fourth-order valence-electron chi connectivity index (χ4n) is 1.40. The third-order valence-electron chi connectivity index (χ3n) is 2.23. The van der Waals surface area contributed by atoms with E-state index in [1.54, 1.807) is 12.1 Å². The normalized spacial score (nSPS) is 10.5. The van der Waals surface area contributed by atoms with Gasteiger partial charge in [0.1, 0.15) is 11.5 Å². The number of benzene rings is 1. The van der Waals surface area contributed by atoms with Crippen LogP contribution in [0.15, 0.2) is 22.7 Å². The Balaban J connectivity index is 2.11. The molecule has 17 heavy (non-hydrogen) atoms. The molecule has 2 aromatic rings. The van der Waals surface area contributed by atoms with Gasteiger partial charge in [-0.1, -0.05) is 28.4 Å². The van der Waals surface area contributed by atoms with Crippen LogP contribution in [0.25, 0.3) is 0 Å². The van der Waals surface area contributed by atoms with E-state index in [9.17, 15) is 0 Å².